The summed E-state index contributed by atoms with van der Waals surface area (Å²) in [6.07, 6.45) is 1.55. The Balaban J connectivity index is 2.58. The summed E-state index contributed by atoms with van der Waals surface area (Å²) in [5.74, 6) is 5.38. The van der Waals surface area contributed by atoms with Gasteiger partial charge in [-0.1, -0.05) is 38.1 Å². The molecule has 5 nitrogen and oxygen atoms in total. The van der Waals surface area contributed by atoms with E-state index in [9.17, 15) is 4.79 Å². The minimum Gasteiger partial charge on any atom is -0.274 e. The number of nitrogens with one attached hydrogen (secondary N) is 2. The third kappa shape index (κ3) is 3.70. The minimum absolute atomic E-state index is 0.507. The van der Waals surface area contributed by atoms with Crippen LogP contribution in [0.2, 0.25) is 0 Å². The van der Waals surface area contributed by atoms with Crippen molar-refractivity contribution in [2.24, 2.45) is 10.9 Å². The van der Waals surface area contributed by atoms with E-state index in [4.69, 9.17) is 5.84 Å². The lowest BCUT2D eigenvalue weighted by Gasteiger charge is -2.04. The number of hydrazone groups is 1. The molecule has 4 N–H and O–H groups in total. The van der Waals surface area contributed by atoms with Gasteiger partial charge in [0.1, 0.15) is 0 Å². The third-order valence-corrected chi connectivity index (χ3v) is 2.11. The van der Waals surface area contributed by atoms with Crippen molar-refractivity contribution >= 4 is 12.2 Å². The quantitative estimate of drug-likeness (QED) is 0.311. The van der Waals surface area contributed by atoms with Crippen LogP contribution < -0.4 is 16.7 Å². The summed E-state index contributed by atoms with van der Waals surface area (Å²) in [7, 11) is 0. The summed E-state index contributed by atoms with van der Waals surface area (Å²) in [5, 5.41) is 3.72. The molecule has 0 aliphatic carbocycles. The molecule has 0 aromatic heterocycles. The molecule has 0 atom stereocenters. The monoisotopic (exact) mass is 220 g/mol. The van der Waals surface area contributed by atoms with E-state index in [-0.39, 0.29) is 0 Å². The van der Waals surface area contributed by atoms with E-state index < -0.39 is 6.03 Å². The Morgan fingerprint density at radius 3 is 2.50 bits per heavy atom. The van der Waals surface area contributed by atoms with E-state index in [0.717, 1.165) is 5.56 Å². The van der Waals surface area contributed by atoms with Gasteiger partial charge in [-0.25, -0.2) is 16.1 Å². The lowest BCUT2D eigenvalue weighted by molar-refractivity contribution is 0.241. The highest BCUT2D eigenvalue weighted by Crippen LogP contribution is 2.13. The molecule has 0 aliphatic heterocycles. The van der Waals surface area contributed by atoms with Crippen molar-refractivity contribution in [1.29, 1.82) is 0 Å². The smallest absolute Gasteiger partial charge is 0.274 e. The molecule has 0 fully saturated rings. The second kappa shape index (κ2) is 5.87. The molecule has 0 radical (unpaired) electrons. The van der Waals surface area contributed by atoms with Gasteiger partial charge in [-0.15, -0.1) is 0 Å². The largest absolute Gasteiger partial charge is 0.349 e. The highest BCUT2D eigenvalue weighted by molar-refractivity contribution is 5.81. The molecule has 1 aromatic carbocycles. The molecule has 0 aliphatic rings. The van der Waals surface area contributed by atoms with Crippen LogP contribution in [0.15, 0.2) is 29.4 Å². The Morgan fingerprint density at radius 2 is 2.00 bits per heavy atom. The number of hydrogen-bond acceptors (Lipinski definition) is 3. The van der Waals surface area contributed by atoms with Gasteiger partial charge in [0.25, 0.3) is 0 Å². The molecule has 1 aromatic rings. The average Bonchev–Trinajstić information content (AvgIpc) is 2.29. The Labute approximate surface area is 94.7 Å². The lowest BCUT2D eigenvalue weighted by atomic mass is 10.0. The summed E-state index contributed by atoms with van der Waals surface area (Å²) in [4.78, 5) is 10.7. The number of nitrogens with zero attached hydrogens (tertiary/aromatic N) is 1. The molecule has 5 heteroatoms. The number of benzene rings is 1. The van der Waals surface area contributed by atoms with Crippen molar-refractivity contribution in [2.75, 3.05) is 0 Å². The Bertz CT molecular complexity index is 370. The number of rotatable bonds is 3. The van der Waals surface area contributed by atoms with E-state index in [0.29, 0.717) is 5.92 Å². The number of amides is 2. The Hall–Kier alpha value is -1.88. The lowest BCUT2D eigenvalue weighted by Crippen LogP contribution is -2.37. The van der Waals surface area contributed by atoms with Crippen molar-refractivity contribution in [3.63, 3.8) is 0 Å². The average molecular weight is 220 g/mol. The normalized spacial score (nSPS) is 10.8. The van der Waals surface area contributed by atoms with Crippen LogP contribution in [0.4, 0.5) is 4.79 Å². The van der Waals surface area contributed by atoms with Gasteiger partial charge in [-0.3, -0.25) is 5.43 Å². The number of nitrogens with two attached hydrogens (primary N) is 1. The first kappa shape index (κ1) is 12.2. The number of carbonyl (C=O) groups excluding carboxylic acids is 1. The van der Waals surface area contributed by atoms with E-state index in [1.165, 1.54) is 5.56 Å². The van der Waals surface area contributed by atoms with Gasteiger partial charge < -0.3 is 0 Å². The molecule has 0 spiro atoms. The highest BCUT2D eigenvalue weighted by Gasteiger charge is 1.97. The van der Waals surface area contributed by atoms with Crippen molar-refractivity contribution < 1.29 is 4.79 Å². The summed E-state index contributed by atoms with van der Waals surface area (Å²) < 4.78 is 0. The first-order chi connectivity index (χ1) is 7.63. The van der Waals surface area contributed by atoms with E-state index in [1.54, 1.807) is 6.21 Å². The van der Waals surface area contributed by atoms with E-state index in [1.807, 2.05) is 29.7 Å². The molecule has 0 saturated heterocycles. The van der Waals surface area contributed by atoms with Crippen LogP contribution in [0.1, 0.15) is 30.9 Å². The van der Waals surface area contributed by atoms with Gasteiger partial charge in [-0.2, -0.15) is 5.10 Å². The van der Waals surface area contributed by atoms with Crippen LogP contribution in [0.5, 0.6) is 0 Å². The molecular weight excluding hydrogens is 204 g/mol. The van der Waals surface area contributed by atoms with Gasteiger partial charge in [0.2, 0.25) is 0 Å². The maximum Gasteiger partial charge on any atom is 0.349 e. The van der Waals surface area contributed by atoms with Gasteiger partial charge in [0.15, 0.2) is 0 Å². The maximum atomic E-state index is 10.7. The van der Waals surface area contributed by atoms with Crippen LogP contribution >= 0.6 is 0 Å². The second-order valence-electron chi connectivity index (χ2n) is 3.66. The molecule has 0 unspecified atom stereocenters. The van der Waals surface area contributed by atoms with Gasteiger partial charge >= 0.3 is 6.03 Å². The first-order valence-corrected chi connectivity index (χ1v) is 5.03. The SMILES string of the molecule is CC(C)c1ccc(C=NNC(=O)NN)cc1. The molecule has 2 amide bonds. The van der Waals surface area contributed by atoms with Crippen molar-refractivity contribution in [2.45, 2.75) is 19.8 Å². The predicted octanol–water partition coefficient (Wildman–Crippen LogP) is 1.32. The zero-order chi connectivity index (χ0) is 12.0. The van der Waals surface area contributed by atoms with Gasteiger partial charge in [0, 0.05) is 0 Å². The molecule has 0 saturated carbocycles. The zero-order valence-corrected chi connectivity index (χ0v) is 9.40. The fraction of sp³-hybridized carbons (Fsp3) is 0.273. The first-order valence-electron chi connectivity index (χ1n) is 5.03. The molecule has 16 heavy (non-hydrogen) atoms. The number of carbonyl (C=O) groups is 1. The molecule has 1 rings (SSSR count). The molecule has 86 valence electrons. The number of hydrogen-bond donors (Lipinski definition) is 3. The summed E-state index contributed by atoms with van der Waals surface area (Å²) in [6, 6.07) is 7.42. The Kier molecular flexibility index (Phi) is 4.47. The number of urea groups is 1. The van der Waals surface area contributed by atoms with E-state index in [2.05, 4.69) is 24.4 Å². The van der Waals surface area contributed by atoms with Crippen molar-refractivity contribution in [1.82, 2.24) is 10.9 Å². The second-order valence-corrected chi connectivity index (χ2v) is 3.66. The minimum atomic E-state index is -0.546. The Morgan fingerprint density at radius 1 is 1.38 bits per heavy atom. The summed E-state index contributed by atoms with van der Waals surface area (Å²) >= 11 is 0. The van der Waals surface area contributed by atoms with Crippen LogP contribution in [0.25, 0.3) is 0 Å². The van der Waals surface area contributed by atoms with Gasteiger partial charge in [-0.05, 0) is 17.0 Å². The van der Waals surface area contributed by atoms with Crippen LogP contribution in [-0.4, -0.2) is 12.2 Å². The van der Waals surface area contributed by atoms with Crippen molar-refractivity contribution in [3.05, 3.63) is 35.4 Å². The third-order valence-electron chi connectivity index (χ3n) is 2.11. The van der Waals surface area contributed by atoms with Crippen molar-refractivity contribution in [3.8, 4) is 0 Å². The standard InChI is InChI=1S/C11H16N4O/c1-8(2)10-5-3-9(4-6-10)7-13-15-11(16)14-12/h3-8H,12H2,1-2H3,(H2,14,15,16). The molecular formula is C11H16N4O. The van der Waals surface area contributed by atoms with Crippen LogP contribution in [-0.2, 0) is 0 Å². The predicted molar refractivity (Wildman–Crippen MR) is 64.0 cm³/mol. The topological polar surface area (TPSA) is 79.5 Å². The fourth-order valence-electron chi connectivity index (χ4n) is 1.16. The van der Waals surface area contributed by atoms with Crippen LogP contribution in [0, 0.1) is 0 Å². The molecule has 0 heterocycles. The van der Waals surface area contributed by atoms with Gasteiger partial charge in [0.05, 0.1) is 6.21 Å². The fourth-order valence-corrected chi connectivity index (χ4v) is 1.16. The summed E-state index contributed by atoms with van der Waals surface area (Å²) in [5.41, 5.74) is 6.31. The van der Waals surface area contributed by atoms with Crippen LogP contribution in [0.3, 0.4) is 0 Å². The summed E-state index contributed by atoms with van der Waals surface area (Å²) in [6.45, 7) is 4.27. The van der Waals surface area contributed by atoms with E-state index >= 15 is 0 Å². The zero-order valence-electron chi connectivity index (χ0n) is 9.40. The highest BCUT2D eigenvalue weighted by atomic mass is 16.2. The number of hydrazine groups is 1. The maximum absolute atomic E-state index is 10.7. The molecule has 0 bridgehead atoms.